The summed E-state index contributed by atoms with van der Waals surface area (Å²) in [5.74, 6) is -0.361. The lowest BCUT2D eigenvalue weighted by molar-refractivity contribution is -0.127. The lowest BCUT2D eigenvalue weighted by atomic mass is 9.95. The van der Waals surface area contributed by atoms with Crippen LogP contribution in [0.5, 0.6) is 0 Å². The third kappa shape index (κ3) is 4.70. The van der Waals surface area contributed by atoms with Gasteiger partial charge in [-0.3, -0.25) is 14.9 Å². The molecule has 1 aromatic carbocycles. The predicted molar refractivity (Wildman–Crippen MR) is 150 cm³/mol. The Labute approximate surface area is 223 Å². The SMILES string of the molecule is CC(C)(C)C(=O)NC1=CC(c2cnc3n[nH]c(-c4cc5c(-c6ccc(F)cc6)nccc5[nH]4)c3c2)=CNC=C1. The standard InChI is InChI=1S/C30H26FN7O/c1-30(2,3)29(39)35-21-8-10-32-15-18(12-21)19-13-23-27(37-38-28(23)34-16-19)25-14-22-24(36-25)9-11-33-26(22)17-4-6-20(31)7-5-17/h4-16,32,36H,1-3H3,(H,35,39)(H,34,37,38). The summed E-state index contributed by atoms with van der Waals surface area (Å²) < 4.78 is 13.5. The molecule has 1 aliphatic rings. The average molecular weight is 520 g/mol. The van der Waals surface area contributed by atoms with Gasteiger partial charge < -0.3 is 15.6 Å². The molecule has 39 heavy (non-hydrogen) atoms. The molecule has 0 saturated carbocycles. The van der Waals surface area contributed by atoms with Crippen LogP contribution in [-0.4, -0.2) is 31.1 Å². The van der Waals surface area contributed by atoms with E-state index in [9.17, 15) is 9.18 Å². The van der Waals surface area contributed by atoms with E-state index >= 15 is 0 Å². The number of aromatic nitrogens is 5. The van der Waals surface area contributed by atoms with Crippen LogP contribution in [0.3, 0.4) is 0 Å². The van der Waals surface area contributed by atoms with Crippen LogP contribution in [0.4, 0.5) is 4.39 Å². The second-order valence-electron chi connectivity index (χ2n) is 10.4. The van der Waals surface area contributed by atoms with Crippen molar-refractivity contribution in [3.8, 4) is 22.6 Å². The van der Waals surface area contributed by atoms with Crippen molar-refractivity contribution in [3.63, 3.8) is 0 Å². The molecular weight excluding hydrogens is 493 g/mol. The highest BCUT2D eigenvalue weighted by atomic mass is 19.1. The number of amides is 1. The zero-order valence-electron chi connectivity index (χ0n) is 21.6. The summed E-state index contributed by atoms with van der Waals surface area (Å²) in [5, 5.41) is 15.4. The van der Waals surface area contributed by atoms with E-state index in [0.29, 0.717) is 11.3 Å². The topological polar surface area (TPSA) is 111 Å². The number of halogens is 1. The van der Waals surface area contributed by atoms with Crippen LogP contribution in [0.2, 0.25) is 0 Å². The number of rotatable bonds is 4. The second kappa shape index (κ2) is 9.36. The van der Waals surface area contributed by atoms with E-state index in [1.807, 2.05) is 57.3 Å². The van der Waals surface area contributed by atoms with Crippen molar-refractivity contribution >= 4 is 33.4 Å². The number of nitrogens with one attached hydrogen (secondary N) is 4. The minimum absolute atomic E-state index is 0.0707. The van der Waals surface area contributed by atoms with Gasteiger partial charge in [-0.25, -0.2) is 9.37 Å². The van der Waals surface area contributed by atoms with Crippen molar-refractivity contribution in [1.82, 2.24) is 35.8 Å². The van der Waals surface area contributed by atoms with E-state index in [2.05, 4.69) is 35.8 Å². The molecule has 0 saturated heterocycles. The summed E-state index contributed by atoms with van der Waals surface area (Å²) in [5.41, 5.74) is 6.54. The number of fused-ring (bicyclic) bond motifs is 2. The maximum Gasteiger partial charge on any atom is 0.229 e. The molecule has 0 radical (unpaired) electrons. The van der Waals surface area contributed by atoms with E-state index in [4.69, 9.17) is 0 Å². The maximum atomic E-state index is 13.5. The molecule has 4 aromatic heterocycles. The predicted octanol–water partition coefficient (Wildman–Crippen LogP) is 5.81. The Morgan fingerprint density at radius 3 is 2.62 bits per heavy atom. The quantitative estimate of drug-likeness (QED) is 0.239. The average Bonchev–Trinajstić information content (AvgIpc) is 3.46. The summed E-state index contributed by atoms with van der Waals surface area (Å²) >= 11 is 0. The Morgan fingerprint density at radius 2 is 1.82 bits per heavy atom. The zero-order valence-corrected chi connectivity index (χ0v) is 21.6. The molecule has 4 N–H and O–H groups in total. The number of aromatic amines is 2. The van der Waals surface area contributed by atoms with Gasteiger partial charge >= 0.3 is 0 Å². The van der Waals surface area contributed by atoms with E-state index in [1.54, 1.807) is 30.7 Å². The first-order valence-corrected chi connectivity index (χ1v) is 12.5. The van der Waals surface area contributed by atoms with Crippen molar-refractivity contribution in [1.29, 1.82) is 0 Å². The van der Waals surface area contributed by atoms with Crippen LogP contribution in [-0.2, 0) is 4.79 Å². The Balaban J connectivity index is 1.39. The van der Waals surface area contributed by atoms with Gasteiger partial charge in [0.15, 0.2) is 5.65 Å². The van der Waals surface area contributed by atoms with Crippen LogP contribution >= 0.6 is 0 Å². The van der Waals surface area contributed by atoms with Gasteiger partial charge in [-0.2, -0.15) is 5.10 Å². The fraction of sp³-hybridized carbons (Fsp3) is 0.133. The van der Waals surface area contributed by atoms with Crippen LogP contribution in [0, 0.1) is 11.2 Å². The fourth-order valence-electron chi connectivity index (χ4n) is 4.39. The van der Waals surface area contributed by atoms with Crippen molar-refractivity contribution in [2.75, 3.05) is 0 Å². The molecule has 194 valence electrons. The number of nitrogens with zero attached hydrogens (tertiary/aromatic N) is 3. The van der Waals surface area contributed by atoms with Crippen molar-refractivity contribution in [2.24, 2.45) is 5.41 Å². The molecule has 0 aliphatic carbocycles. The molecule has 1 amide bonds. The maximum absolute atomic E-state index is 13.5. The van der Waals surface area contributed by atoms with Gasteiger partial charge in [0.1, 0.15) is 5.82 Å². The molecule has 0 spiro atoms. The third-order valence-corrected chi connectivity index (χ3v) is 6.53. The Hall–Kier alpha value is -5.05. The Bertz CT molecular complexity index is 1820. The summed E-state index contributed by atoms with van der Waals surface area (Å²) in [6.07, 6.45) is 10.8. The first-order chi connectivity index (χ1) is 18.8. The van der Waals surface area contributed by atoms with E-state index < -0.39 is 5.41 Å². The lowest BCUT2D eigenvalue weighted by Gasteiger charge is -2.18. The lowest BCUT2D eigenvalue weighted by Crippen LogP contribution is -2.33. The van der Waals surface area contributed by atoms with Crippen molar-refractivity contribution < 1.29 is 9.18 Å². The smallest absolute Gasteiger partial charge is 0.229 e. The molecule has 9 heteroatoms. The number of carbonyl (C=O) groups is 1. The van der Waals surface area contributed by atoms with E-state index in [1.165, 1.54) is 12.1 Å². The van der Waals surface area contributed by atoms with Crippen molar-refractivity contribution in [2.45, 2.75) is 20.8 Å². The number of pyridine rings is 2. The molecule has 5 aromatic rings. The van der Waals surface area contributed by atoms with Gasteiger partial charge in [-0.1, -0.05) is 20.8 Å². The van der Waals surface area contributed by atoms with E-state index in [-0.39, 0.29) is 11.7 Å². The molecule has 0 atom stereocenters. The summed E-state index contributed by atoms with van der Waals surface area (Å²) in [6.45, 7) is 5.62. The first kappa shape index (κ1) is 24.3. The number of benzene rings is 1. The van der Waals surface area contributed by atoms with Gasteiger partial charge in [0.2, 0.25) is 5.91 Å². The third-order valence-electron chi connectivity index (χ3n) is 6.53. The minimum atomic E-state index is -0.518. The Kier molecular flexibility index (Phi) is 5.83. The number of allylic oxidation sites excluding steroid dienone is 3. The summed E-state index contributed by atoms with van der Waals surface area (Å²) in [6, 6.07) is 12.2. The van der Waals surface area contributed by atoms with Gasteiger partial charge in [-0.15, -0.1) is 0 Å². The molecule has 0 fully saturated rings. The van der Waals surface area contributed by atoms with Crippen LogP contribution in [0.1, 0.15) is 26.3 Å². The first-order valence-electron chi connectivity index (χ1n) is 12.5. The summed E-state index contributed by atoms with van der Waals surface area (Å²) in [7, 11) is 0. The van der Waals surface area contributed by atoms with Crippen LogP contribution in [0.25, 0.3) is 50.2 Å². The highest BCUT2D eigenvalue weighted by Crippen LogP contribution is 2.33. The monoisotopic (exact) mass is 519 g/mol. The van der Waals surface area contributed by atoms with Crippen LogP contribution < -0.4 is 10.6 Å². The molecular formula is C30H26FN7O. The van der Waals surface area contributed by atoms with Gasteiger partial charge in [0, 0.05) is 68.9 Å². The fourth-order valence-corrected chi connectivity index (χ4v) is 4.39. The normalized spacial score (nSPS) is 13.6. The van der Waals surface area contributed by atoms with Crippen LogP contribution in [0.15, 0.2) is 85.1 Å². The van der Waals surface area contributed by atoms with Gasteiger partial charge in [0.25, 0.3) is 0 Å². The molecule has 0 unspecified atom stereocenters. The largest absolute Gasteiger partial charge is 0.367 e. The highest BCUT2D eigenvalue weighted by Gasteiger charge is 2.22. The number of hydrogen-bond donors (Lipinski definition) is 4. The zero-order chi connectivity index (χ0) is 27.1. The van der Waals surface area contributed by atoms with Crippen molar-refractivity contribution in [3.05, 3.63) is 96.5 Å². The molecule has 8 nitrogen and oxygen atoms in total. The Morgan fingerprint density at radius 1 is 1.00 bits per heavy atom. The number of hydrogen-bond acceptors (Lipinski definition) is 5. The molecule has 5 heterocycles. The molecule has 6 rings (SSSR count). The number of carbonyl (C=O) groups excluding carboxylic acids is 1. The summed E-state index contributed by atoms with van der Waals surface area (Å²) in [4.78, 5) is 25.1. The number of H-pyrrole nitrogens is 2. The minimum Gasteiger partial charge on any atom is -0.367 e. The van der Waals surface area contributed by atoms with Gasteiger partial charge in [-0.05, 0) is 54.6 Å². The molecule has 1 aliphatic heterocycles. The van der Waals surface area contributed by atoms with E-state index in [0.717, 1.165) is 50.1 Å². The second-order valence-corrected chi connectivity index (χ2v) is 10.4. The molecule has 0 bridgehead atoms. The van der Waals surface area contributed by atoms with Gasteiger partial charge in [0.05, 0.1) is 17.1 Å². The highest BCUT2D eigenvalue weighted by molar-refractivity contribution is 6.00.